The predicted octanol–water partition coefficient (Wildman–Crippen LogP) is 2.02. The van der Waals surface area contributed by atoms with Crippen LogP contribution >= 0.6 is 0 Å². The van der Waals surface area contributed by atoms with E-state index < -0.39 is 5.97 Å². The van der Waals surface area contributed by atoms with E-state index in [9.17, 15) is 9.59 Å². The molecule has 0 aromatic carbocycles. The molecule has 0 saturated heterocycles. The molecule has 0 atom stereocenters. The Morgan fingerprint density at radius 1 is 1.06 bits per heavy atom. The second kappa shape index (κ2) is 8.84. The summed E-state index contributed by atoms with van der Waals surface area (Å²) >= 11 is 0. The molecule has 5 heteroatoms. The van der Waals surface area contributed by atoms with Crippen molar-refractivity contribution in [3.05, 3.63) is 0 Å². The minimum atomic E-state index is -0.964. The molecule has 17 heavy (non-hydrogen) atoms. The summed E-state index contributed by atoms with van der Waals surface area (Å²) in [7, 11) is 1.72. The Kier molecular flexibility index (Phi) is 8.19. The van der Waals surface area contributed by atoms with Crippen molar-refractivity contribution in [2.75, 3.05) is 26.7 Å². The molecular weight excluding hydrogens is 220 g/mol. The van der Waals surface area contributed by atoms with Crippen molar-refractivity contribution < 1.29 is 14.7 Å². The Morgan fingerprint density at radius 2 is 1.71 bits per heavy atom. The van der Waals surface area contributed by atoms with E-state index in [0.717, 1.165) is 25.7 Å². The lowest BCUT2D eigenvalue weighted by molar-refractivity contribution is -0.137. The molecule has 100 valence electrons. The third-order valence-electron chi connectivity index (χ3n) is 2.51. The van der Waals surface area contributed by atoms with E-state index in [0.29, 0.717) is 13.1 Å². The molecule has 0 aliphatic rings. The van der Waals surface area contributed by atoms with Crippen LogP contribution in [0.15, 0.2) is 0 Å². The molecule has 0 aromatic heterocycles. The summed E-state index contributed by atoms with van der Waals surface area (Å²) in [6.45, 7) is 5.00. The summed E-state index contributed by atoms with van der Waals surface area (Å²) in [5.74, 6) is -0.964. The van der Waals surface area contributed by atoms with Gasteiger partial charge in [-0.25, -0.2) is 4.79 Å². The van der Waals surface area contributed by atoms with Crippen LogP contribution < -0.4 is 0 Å². The summed E-state index contributed by atoms with van der Waals surface area (Å²) in [5, 5.41) is 8.74. The molecule has 1 N–H and O–H groups in total. The highest BCUT2D eigenvalue weighted by Gasteiger charge is 2.19. The van der Waals surface area contributed by atoms with Gasteiger partial charge in [0, 0.05) is 20.1 Å². The number of urea groups is 1. The Labute approximate surface area is 103 Å². The van der Waals surface area contributed by atoms with Gasteiger partial charge < -0.3 is 14.9 Å². The average Bonchev–Trinajstić information content (AvgIpc) is 2.27. The Bertz CT molecular complexity index is 244. The number of nitrogens with zero attached hydrogens (tertiary/aromatic N) is 2. The van der Waals surface area contributed by atoms with E-state index >= 15 is 0 Å². The number of aliphatic carboxylic acids is 1. The van der Waals surface area contributed by atoms with Crippen molar-refractivity contribution in [3.8, 4) is 0 Å². The number of carboxylic acids is 1. The van der Waals surface area contributed by atoms with Crippen LogP contribution in [0.3, 0.4) is 0 Å². The minimum absolute atomic E-state index is 0.189. The van der Waals surface area contributed by atoms with Crippen molar-refractivity contribution in [1.29, 1.82) is 0 Å². The van der Waals surface area contributed by atoms with E-state index in [4.69, 9.17) is 5.11 Å². The average molecular weight is 244 g/mol. The van der Waals surface area contributed by atoms with E-state index in [-0.39, 0.29) is 12.6 Å². The molecule has 0 rings (SSSR count). The van der Waals surface area contributed by atoms with Gasteiger partial charge in [0.25, 0.3) is 0 Å². The zero-order valence-electron chi connectivity index (χ0n) is 11.1. The van der Waals surface area contributed by atoms with Gasteiger partial charge in [-0.15, -0.1) is 0 Å². The largest absolute Gasteiger partial charge is 0.480 e. The van der Waals surface area contributed by atoms with Crippen molar-refractivity contribution in [2.24, 2.45) is 0 Å². The Balaban J connectivity index is 4.22. The molecule has 5 nitrogen and oxygen atoms in total. The van der Waals surface area contributed by atoms with Crippen LogP contribution in [0.25, 0.3) is 0 Å². The first-order valence-corrected chi connectivity index (χ1v) is 6.24. The lowest BCUT2D eigenvalue weighted by atomic mass is 10.2. The van der Waals surface area contributed by atoms with Crippen LogP contribution in [0.5, 0.6) is 0 Å². The van der Waals surface area contributed by atoms with Crippen LogP contribution in [-0.2, 0) is 4.79 Å². The number of hydrogen-bond acceptors (Lipinski definition) is 2. The van der Waals surface area contributed by atoms with Gasteiger partial charge in [0.05, 0.1) is 0 Å². The summed E-state index contributed by atoms with van der Waals surface area (Å²) in [6, 6.07) is -0.189. The van der Waals surface area contributed by atoms with E-state index in [1.54, 1.807) is 11.9 Å². The lowest BCUT2D eigenvalue weighted by Gasteiger charge is -2.26. The molecule has 0 saturated carbocycles. The molecule has 2 amide bonds. The second-order valence-corrected chi connectivity index (χ2v) is 4.23. The number of unbranched alkanes of at least 4 members (excludes halogenated alkanes) is 2. The third-order valence-corrected chi connectivity index (χ3v) is 2.51. The standard InChI is InChI=1S/C12H24N2O3/c1-4-6-7-9-13(3)12(17)14(8-5-2)10-11(15)16/h4-10H2,1-3H3,(H,15,16). The lowest BCUT2D eigenvalue weighted by Crippen LogP contribution is -2.44. The zero-order chi connectivity index (χ0) is 13.3. The van der Waals surface area contributed by atoms with Crippen molar-refractivity contribution in [1.82, 2.24) is 9.80 Å². The second-order valence-electron chi connectivity index (χ2n) is 4.23. The van der Waals surface area contributed by atoms with Crippen LogP contribution in [0.2, 0.25) is 0 Å². The van der Waals surface area contributed by atoms with Crippen molar-refractivity contribution in [3.63, 3.8) is 0 Å². The molecular formula is C12H24N2O3. The summed E-state index contributed by atoms with van der Waals surface area (Å²) in [6.07, 6.45) is 3.92. The first kappa shape index (κ1) is 15.7. The van der Waals surface area contributed by atoms with Gasteiger partial charge in [-0.3, -0.25) is 4.79 Å². The SMILES string of the molecule is CCCCCN(C)C(=O)N(CCC)CC(=O)O. The van der Waals surface area contributed by atoms with Gasteiger partial charge >= 0.3 is 12.0 Å². The third kappa shape index (κ3) is 6.81. The van der Waals surface area contributed by atoms with Crippen LogP contribution in [0.1, 0.15) is 39.5 Å². The zero-order valence-corrected chi connectivity index (χ0v) is 11.1. The molecule has 0 fully saturated rings. The fourth-order valence-corrected chi connectivity index (χ4v) is 1.61. The van der Waals surface area contributed by atoms with Gasteiger partial charge in [-0.1, -0.05) is 26.7 Å². The highest BCUT2D eigenvalue weighted by molar-refractivity contribution is 5.80. The van der Waals surface area contributed by atoms with Crippen molar-refractivity contribution in [2.45, 2.75) is 39.5 Å². The smallest absolute Gasteiger partial charge is 0.323 e. The van der Waals surface area contributed by atoms with Crippen LogP contribution in [-0.4, -0.2) is 53.6 Å². The first-order valence-electron chi connectivity index (χ1n) is 6.24. The summed E-state index contributed by atoms with van der Waals surface area (Å²) in [5.41, 5.74) is 0. The number of hydrogen-bond donors (Lipinski definition) is 1. The molecule has 0 unspecified atom stereocenters. The molecule has 0 spiro atoms. The normalized spacial score (nSPS) is 10.1. The Morgan fingerprint density at radius 3 is 2.18 bits per heavy atom. The highest BCUT2D eigenvalue weighted by Crippen LogP contribution is 2.02. The summed E-state index contributed by atoms with van der Waals surface area (Å²) in [4.78, 5) is 25.6. The molecule has 0 aromatic rings. The molecule has 0 aliphatic carbocycles. The number of carbonyl (C=O) groups excluding carboxylic acids is 1. The van der Waals surface area contributed by atoms with Gasteiger partial charge in [0.15, 0.2) is 0 Å². The van der Waals surface area contributed by atoms with Gasteiger partial charge in [0.2, 0.25) is 0 Å². The maximum Gasteiger partial charge on any atom is 0.323 e. The maximum atomic E-state index is 12.0. The maximum absolute atomic E-state index is 12.0. The first-order chi connectivity index (χ1) is 8.02. The number of amides is 2. The quantitative estimate of drug-likeness (QED) is 0.664. The van der Waals surface area contributed by atoms with Gasteiger partial charge in [-0.2, -0.15) is 0 Å². The van der Waals surface area contributed by atoms with Gasteiger partial charge in [0.1, 0.15) is 6.54 Å². The van der Waals surface area contributed by atoms with Gasteiger partial charge in [-0.05, 0) is 12.8 Å². The monoisotopic (exact) mass is 244 g/mol. The highest BCUT2D eigenvalue weighted by atomic mass is 16.4. The fourth-order valence-electron chi connectivity index (χ4n) is 1.61. The van der Waals surface area contributed by atoms with E-state index in [2.05, 4.69) is 6.92 Å². The molecule has 0 aliphatic heterocycles. The van der Waals surface area contributed by atoms with E-state index in [1.165, 1.54) is 4.90 Å². The number of carbonyl (C=O) groups is 2. The topological polar surface area (TPSA) is 60.9 Å². The Hall–Kier alpha value is -1.26. The predicted molar refractivity (Wildman–Crippen MR) is 67.1 cm³/mol. The number of rotatable bonds is 8. The fraction of sp³-hybridized carbons (Fsp3) is 0.833. The molecule has 0 bridgehead atoms. The minimum Gasteiger partial charge on any atom is -0.480 e. The summed E-state index contributed by atoms with van der Waals surface area (Å²) < 4.78 is 0. The number of carboxylic acid groups (broad SMARTS) is 1. The van der Waals surface area contributed by atoms with Crippen LogP contribution in [0, 0.1) is 0 Å². The molecule has 0 heterocycles. The van der Waals surface area contributed by atoms with E-state index in [1.807, 2.05) is 6.92 Å². The molecule has 0 radical (unpaired) electrons. The van der Waals surface area contributed by atoms with Crippen LogP contribution in [0.4, 0.5) is 4.79 Å². The van der Waals surface area contributed by atoms with Crippen molar-refractivity contribution >= 4 is 12.0 Å².